The van der Waals surface area contributed by atoms with Gasteiger partial charge in [-0.05, 0) is 54.1 Å². The van der Waals surface area contributed by atoms with Gasteiger partial charge in [-0.1, -0.05) is 121 Å². The molecule has 0 amide bonds. The molecule has 7 aromatic carbocycles. The van der Waals surface area contributed by atoms with Crippen molar-refractivity contribution in [2.24, 2.45) is 0 Å². The van der Waals surface area contributed by atoms with Crippen molar-refractivity contribution in [2.75, 3.05) is 0 Å². The number of nitrogens with zero attached hydrogens (tertiary/aromatic N) is 4. The first kappa shape index (κ1) is 28.2. The van der Waals surface area contributed by atoms with Crippen LogP contribution in [0.2, 0.25) is 0 Å². The average Bonchev–Trinajstić information content (AvgIpc) is 3.74. The minimum Gasteiger partial charge on any atom is -0.456 e. The summed E-state index contributed by atoms with van der Waals surface area (Å²) >= 11 is 0. The highest BCUT2D eigenvalue weighted by molar-refractivity contribution is 6.13. The lowest BCUT2D eigenvalue weighted by Crippen LogP contribution is -2.00. The van der Waals surface area contributed by atoms with Gasteiger partial charge in [-0.3, -0.25) is 0 Å². The zero-order valence-corrected chi connectivity index (χ0v) is 26.9. The van der Waals surface area contributed by atoms with Crippen molar-refractivity contribution >= 4 is 43.7 Å². The van der Waals surface area contributed by atoms with Gasteiger partial charge in [0.05, 0.1) is 11.0 Å². The second-order valence-electron chi connectivity index (χ2n) is 12.4. The van der Waals surface area contributed by atoms with Crippen LogP contribution in [0.25, 0.3) is 94.7 Å². The zero-order chi connectivity index (χ0) is 33.0. The van der Waals surface area contributed by atoms with Crippen molar-refractivity contribution in [3.63, 3.8) is 0 Å². The summed E-state index contributed by atoms with van der Waals surface area (Å²) in [5.74, 6) is 1.82. The van der Waals surface area contributed by atoms with Crippen LogP contribution in [0.1, 0.15) is 0 Å². The molecule has 0 N–H and O–H groups in total. The molecule has 0 atom stereocenters. The van der Waals surface area contributed by atoms with Crippen molar-refractivity contribution in [1.29, 1.82) is 0 Å². The smallest absolute Gasteiger partial charge is 0.164 e. The Balaban J connectivity index is 1.12. The maximum Gasteiger partial charge on any atom is 0.164 e. The molecule has 3 heterocycles. The third-order valence-corrected chi connectivity index (χ3v) is 9.47. The Labute approximate surface area is 287 Å². The van der Waals surface area contributed by atoms with E-state index >= 15 is 0 Å². The van der Waals surface area contributed by atoms with E-state index in [9.17, 15) is 0 Å². The number of fused-ring (bicyclic) bond motifs is 6. The molecule has 234 valence electrons. The summed E-state index contributed by atoms with van der Waals surface area (Å²) in [6, 6.07) is 58.7. The van der Waals surface area contributed by atoms with Gasteiger partial charge in [-0.2, -0.15) is 0 Å². The van der Waals surface area contributed by atoms with Crippen LogP contribution < -0.4 is 0 Å². The van der Waals surface area contributed by atoms with Crippen LogP contribution >= 0.6 is 0 Å². The summed E-state index contributed by atoms with van der Waals surface area (Å²) in [7, 11) is 0. The van der Waals surface area contributed by atoms with Gasteiger partial charge in [0.1, 0.15) is 11.2 Å². The molecule has 0 saturated heterocycles. The number of aromatic nitrogens is 4. The van der Waals surface area contributed by atoms with E-state index in [2.05, 4.69) is 120 Å². The van der Waals surface area contributed by atoms with Gasteiger partial charge < -0.3 is 8.98 Å². The van der Waals surface area contributed by atoms with Crippen molar-refractivity contribution in [1.82, 2.24) is 19.5 Å². The first-order valence-corrected chi connectivity index (χ1v) is 16.7. The van der Waals surface area contributed by atoms with E-state index in [-0.39, 0.29) is 0 Å². The van der Waals surface area contributed by atoms with E-state index in [0.717, 1.165) is 49.8 Å². The van der Waals surface area contributed by atoms with Gasteiger partial charge in [0, 0.05) is 49.5 Å². The first-order valence-electron chi connectivity index (χ1n) is 16.7. The molecule has 0 radical (unpaired) electrons. The lowest BCUT2D eigenvalue weighted by atomic mass is 10.0. The van der Waals surface area contributed by atoms with Gasteiger partial charge in [0.2, 0.25) is 0 Å². The van der Waals surface area contributed by atoms with E-state index in [1.54, 1.807) is 0 Å². The number of hydrogen-bond acceptors (Lipinski definition) is 4. The Bertz CT molecular complexity index is 2850. The molecule has 5 heteroatoms. The Morgan fingerprint density at radius 2 is 0.940 bits per heavy atom. The fraction of sp³-hybridized carbons (Fsp3) is 0. The summed E-state index contributed by atoms with van der Waals surface area (Å²) in [6.45, 7) is 0. The quantitative estimate of drug-likeness (QED) is 0.188. The number of furan rings is 1. The van der Waals surface area contributed by atoms with Crippen molar-refractivity contribution in [3.8, 4) is 51.0 Å². The molecule has 3 aromatic heterocycles. The topological polar surface area (TPSA) is 56.7 Å². The zero-order valence-electron chi connectivity index (χ0n) is 26.9. The van der Waals surface area contributed by atoms with Crippen molar-refractivity contribution in [3.05, 3.63) is 170 Å². The summed E-state index contributed by atoms with van der Waals surface area (Å²) in [5, 5.41) is 4.61. The van der Waals surface area contributed by atoms with E-state index in [4.69, 9.17) is 19.4 Å². The number of hydrogen-bond donors (Lipinski definition) is 0. The predicted molar refractivity (Wildman–Crippen MR) is 203 cm³/mol. The molecule has 0 saturated carbocycles. The third kappa shape index (κ3) is 4.60. The Hall–Kier alpha value is -6.85. The molecule has 0 aliphatic rings. The first-order chi connectivity index (χ1) is 24.8. The number of rotatable bonds is 5. The standard InChI is InChI=1S/C45H28N4O/c1-3-12-29(13-4-1)34-18-11-19-38-35-16-7-9-20-39(35)49(42(34)38)33-25-22-31(23-26-33)44-46-43(30-14-5-2-6-15-30)47-45(48-44)32-24-27-37-36-17-8-10-21-40(36)50-41(37)28-32/h1-28H. The van der Waals surface area contributed by atoms with E-state index in [1.807, 2.05) is 54.6 Å². The molecule has 0 aliphatic carbocycles. The van der Waals surface area contributed by atoms with Gasteiger partial charge in [-0.15, -0.1) is 0 Å². The maximum absolute atomic E-state index is 6.22. The minimum atomic E-state index is 0.593. The van der Waals surface area contributed by atoms with Crippen LogP contribution in [0.3, 0.4) is 0 Å². The van der Waals surface area contributed by atoms with Gasteiger partial charge >= 0.3 is 0 Å². The summed E-state index contributed by atoms with van der Waals surface area (Å²) in [4.78, 5) is 15.0. The lowest BCUT2D eigenvalue weighted by Gasteiger charge is -2.13. The molecule has 0 unspecified atom stereocenters. The fourth-order valence-corrected chi connectivity index (χ4v) is 7.11. The van der Waals surface area contributed by atoms with Gasteiger partial charge in [-0.25, -0.2) is 15.0 Å². The Morgan fingerprint density at radius 1 is 0.380 bits per heavy atom. The molecule has 50 heavy (non-hydrogen) atoms. The molecular weight excluding hydrogens is 613 g/mol. The van der Waals surface area contributed by atoms with E-state index in [0.29, 0.717) is 17.5 Å². The highest BCUT2D eigenvalue weighted by Gasteiger charge is 2.18. The summed E-state index contributed by atoms with van der Waals surface area (Å²) < 4.78 is 8.59. The average molecular weight is 641 g/mol. The van der Waals surface area contributed by atoms with E-state index in [1.165, 1.54) is 27.4 Å². The van der Waals surface area contributed by atoms with Crippen LogP contribution in [-0.2, 0) is 0 Å². The molecule has 10 aromatic rings. The highest BCUT2D eigenvalue weighted by atomic mass is 16.3. The molecule has 0 bridgehead atoms. The molecule has 5 nitrogen and oxygen atoms in total. The molecule has 10 rings (SSSR count). The summed E-state index contributed by atoms with van der Waals surface area (Å²) in [6.07, 6.45) is 0. The van der Waals surface area contributed by atoms with E-state index < -0.39 is 0 Å². The number of para-hydroxylation sites is 3. The minimum absolute atomic E-state index is 0.593. The summed E-state index contributed by atoms with van der Waals surface area (Å²) in [5.41, 5.74) is 10.2. The largest absolute Gasteiger partial charge is 0.456 e. The second-order valence-corrected chi connectivity index (χ2v) is 12.4. The maximum atomic E-state index is 6.22. The van der Waals surface area contributed by atoms with Crippen LogP contribution in [0.4, 0.5) is 0 Å². The second kappa shape index (κ2) is 11.4. The Morgan fingerprint density at radius 3 is 1.70 bits per heavy atom. The third-order valence-electron chi connectivity index (χ3n) is 9.47. The van der Waals surface area contributed by atoms with Crippen LogP contribution in [0.5, 0.6) is 0 Å². The van der Waals surface area contributed by atoms with Crippen molar-refractivity contribution < 1.29 is 4.42 Å². The number of benzene rings is 7. The van der Waals surface area contributed by atoms with Crippen LogP contribution in [0.15, 0.2) is 174 Å². The highest BCUT2D eigenvalue weighted by Crippen LogP contribution is 2.38. The predicted octanol–water partition coefficient (Wildman–Crippen LogP) is 11.5. The Kier molecular flexibility index (Phi) is 6.42. The van der Waals surface area contributed by atoms with Crippen LogP contribution in [-0.4, -0.2) is 19.5 Å². The SMILES string of the molecule is c1ccc(-c2nc(-c3ccc(-n4c5ccccc5c5cccc(-c6ccccc6)c54)cc3)nc(-c3ccc4c(c3)oc3ccccc34)n2)cc1. The van der Waals surface area contributed by atoms with Crippen LogP contribution in [0, 0.1) is 0 Å². The molecule has 0 fully saturated rings. The molecular formula is C45H28N4O. The van der Waals surface area contributed by atoms with Crippen molar-refractivity contribution in [2.45, 2.75) is 0 Å². The van der Waals surface area contributed by atoms with Gasteiger partial charge in [0.25, 0.3) is 0 Å². The monoisotopic (exact) mass is 640 g/mol. The fourth-order valence-electron chi connectivity index (χ4n) is 7.11. The molecule has 0 aliphatic heterocycles. The normalized spacial score (nSPS) is 11.6. The lowest BCUT2D eigenvalue weighted by molar-refractivity contribution is 0.669. The van der Waals surface area contributed by atoms with Gasteiger partial charge in [0.15, 0.2) is 17.5 Å². The molecule has 0 spiro atoms.